The van der Waals surface area contributed by atoms with Crippen LogP contribution in [0.25, 0.3) is 0 Å². The topological polar surface area (TPSA) is 124 Å². The lowest BCUT2D eigenvalue weighted by atomic mass is 9.78. The molecular formula is C22H24F6N4O5S. The molecule has 0 saturated carbocycles. The number of aliphatic carboxylic acids is 2. The number of carbonyl (C=O) groups excluding carboxylic acids is 1. The van der Waals surface area contributed by atoms with Crippen LogP contribution in [0, 0.1) is 12.3 Å². The number of anilines is 1. The average molecular weight is 571 g/mol. The monoisotopic (exact) mass is 570 g/mol. The van der Waals surface area contributed by atoms with Crippen molar-refractivity contribution in [2.24, 2.45) is 5.41 Å². The van der Waals surface area contributed by atoms with E-state index in [1.165, 1.54) is 0 Å². The number of carboxylic acids is 2. The third-order valence-electron chi connectivity index (χ3n) is 5.66. The molecule has 2 aliphatic heterocycles. The van der Waals surface area contributed by atoms with Crippen LogP contribution in [0.3, 0.4) is 0 Å². The second kappa shape index (κ2) is 12.5. The van der Waals surface area contributed by atoms with Gasteiger partial charge in [0, 0.05) is 31.2 Å². The van der Waals surface area contributed by atoms with Gasteiger partial charge in [0.15, 0.2) is 0 Å². The van der Waals surface area contributed by atoms with Crippen LogP contribution in [-0.2, 0) is 20.9 Å². The zero-order valence-corrected chi connectivity index (χ0v) is 20.7. The lowest BCUT2D eigenvalue weighted by molar-refractivity contribution is -0.193. The van der Waals surface area contributed by atoms with Crippen molar-refractivity contribution in [2.45, 2.75) is 45.1 Å². The van der Waals surface area contributed by atoms with Crippen molar-refractivity contribution < 1.29 is 50.9 Å². The number of hydrogen-bond acceptors (Lipinski definition) is 7. The quantitative estimate of drug-likeness (QED) is 0.528. The van der Waals surface area contributed by atoms with Gasteiger partial charge in [0.25, 0.3) is 0 Å². The van der Waals surface area contributed by atoms with Crippen molar-refractivity contribution >= 4 is 34.9 Å². The molecule has 0 aliphatic carbocycles. The molecule has 210 valence electrons. The summed E-state index contributed by atoms with van der Waals surface area (Å²) >= 11 is 1.70. The molecule has 1 atom stereocenters. The van der Waals surface area contributed by atoms with Crippen molar-refractivity contribution in [1.82, 2.24) is 14.9 Å². The van der Waals surface area contributed by atoms with Gasteiger partial charge in [-0.15, -0.1) is 11.3 Å². The van der Waals surface area contributed by atoms with E-state index in [4.69, 9.17) is 19.8 Å². The van der Waals surface area contributed by atoms with Gasteiger partial charge in [0.05, 0.1) is 28.0 Å². The summed E-state index contributed by atoms with van der Waals surface area (Å²) in [4.78, 5) is 44.0. The fourth-order valence-corrected chi connectivity index (χ4v) is 4.63. The first-order valence-electron chi connectivity index (χ1n) is 11.0. The molecular weight excluding hydrogens is 546 g/mol. The smallest absolute Gasteiger partial charge is 0.475 e. The predicted octanol–water partition coefficient (Wildman–Crippen LogP) is 4.13. The minimum atomic E-state index is -5.08. The molecule has 2 N–H and O–H groups in total. The van der Waals surface area contributed by atoms with Crippen LogP contribution in [0.5, 0.6) is 0 Å². The first kappa shape index (κ1) is 31.0. The Kier molecular flexibility index (Phi) is 10.2. The number of aryl methyl sites for hydroxylation is 1. The van der Waals surface area contributed by atoms with E-state index in [2.05, 4.69) is 20.2 Å². The van der Waals surface area contributed by atoms with Crippen molar-refractivity contribution in [3.63, 3.8) is 0 Å². The number of pyridine rings is 1. The molecule has 2 aromatic heterocycles. The van der Waals surface area contributed by atoms with Crippen LogP contribution in [0.15, 0.2) is 29.9 Å². The molecule has 2 aromatic rings. The Morgan fingerprint density at radius 1 is 1.08 bits per heavy atom. The summed E-state index contributed by atoms with van der Waals surface area (Å²) in [6.07, 6.45) is -3.62. The van der Waals surface area contributed by atoms with E-state index in [0.717, 1.165) is 61.8 Å². The molecule has 38 heavy (non-hydrogen) atoms. The fourth-order valence-electron chi connectivity index (χ4n) is 4.03. The Labute approximate surface area is 216 Å². The number of amides is 1. The largest absolute Gasteiger partial charge is 0.490 e. The Morgan fingerprint density at radius 2 is 1.68 bits per heavy atom. The molecule has 2 aliphatic rings. The van der Waals surface area contributed by atoms with Gasteiger partial charge < -0.3 is 15.1 Å². The molecule has 0 bridgehead atoms. The minimum Gasteiger partial charge on any atom is -0.475 e. The van der Waals surface area contributed by atoms with Crippen molar-refractivity contribution in [2.75, 3.05) is 24.5 Å². The summed E-state index contributed by atoms with van der Waals surface area (Å²) in [5, 5.41) is 17.5. The molecule has 1 spiro atoms. The number of halogens is 6. The SMILES string of the molecule is Cc1nc(CN2CCCC3(CCN(c4cccnc4)C3=O)C2)cs1.O=C(O)C(F)(F)F.O=C(O)C(F)(F)F. The van der Waals surface area contributed by atoms with Gasteiger partial charge in [-0.3, -0.25) is 14.7 Å². The van der Waals surface area contributed by atoms with Crippen molar-refractivity contribution in [3.8, 4) is 0 Å². The van der Waals surface area contributed by atoms with E-state index in [1.54, 1.807) is 23.7 Å². The maximum Gasteiger partial charge on any atom is 0.490 e. The van der Waals surface area contributed by atoms with Gasteiger partial charge in [-0.25, -0.2) is 14.6 Å². The third kappa shape index (κ3) is 8.65. The maximum atomic E-state index is 13.1. The number of rotatable bonds is 3. The number of carboxylic acid groups (broad SMARTS) is 2. The lowest BCUT2D eigenvalue weighted by Crippen LogP contribution is -2.47. The average Bonchev–Trinajstić information content (AvgIpc) is 3.37. The highest BCUT2D eigenvalue weighted by molar-refractivity contribution is 7.09. The lowest BCUT2D eigenvalue weighted by Gasteiger charge is -2.38. The van der Waals surface area contributed by atoms with Crippen molar-refractivity contribution in [3.05, 3.63) is 40.6 Å². The summed E-state index contributed by atoms with van der Waals surface area (Å²) < 4.78 is 63.5. The van der Waals surface area contributed by atoms with Gasteiger partial charge >= 0.3 is 24.3 Å². The van der Waals surface area contributed by atoms with E-state index < -0.39 is 24.3 Å². The molecule has 9 nitrogen and oxygen atoms in total. The number of hydrogen-bond donors (Lipinski definition) is 2. The molecule has 4 heterocycles. The Morgan fingerprint density at radius 3 is 2.16 bits per heavy atom. The Hall–Kier alpha value is -3.27. The summed E-state index contributed by atoms with van der Waals surface area (Å²) in [6.45, 7) is 5.59. The van der Waals surface area contributed by atoms with Crippen molar-refractivity contribution in [1.29, 1.82) is 0 Å². The van der Waals surface area contributed by atoms with Crippen LogP contribution in [-0.4, -0.2) is 74.9 Å². The van der Waals surface area contributed by atoms with Crippen LogP contribution < -0.4 is 4.90 Å². The predicted molar refractivity (Wildman–Crippen MR) is 122 cm³/mol. The van der Waals surface area contributed by atoms with Gasteiger partial charge in [0.2, 0.25) is 5.91 Å². The molecule has 0 radical (unpaired) electrons. The van der Waals surface area contributed by atoms with Gasteiger partial charge in [-0.2, -0.15) is 26.3 Å². The first-order valence-corrected chi connectivity index (χ1v) is 11.9. The zero-order chi connectivity index (χ0) is 28.7. The van der Waals surface area contributed by atoms with E-state index in [-0.39, 0.29) is 11.3 Å². The fraction of sp³-hybridized carbons (Fsp3) is 0.500. The molecule has 1 unspecified atom stereocenters. The maximum absolute atomic E-state index is 13.1. The third-order valence-corrected chi connectivity index (χ3v) is 6.49. The number of carbonyl (C=O) groups is 3. The number of nitrogens with zero attached hydrogens (tertiary/aromatic N) is 4. The number of aromatic nitrogens is 2. The number of thiazole rings is 1. The number of piperidine rings is 1. The van der Waals surface area contributed by atoms with Crippen LogP contribution in [0.2, 0.25) is 0 Å². The highest BCUT2D eigenvalue weighted by Gasteiger charge is 2.49. The first-order chi connectivity index (χ1) is 17.5. The molecule has 1 amide bonds. The molecule has 2 saturated heterocycles. The Bertz CT molecular complexity index is 1090. The summed E-state index contributed by atoms with van der Waals surface area (Å²) in [5.41, 5.74) is 1.83. The van der Waals surface area contributed by atoms with E-state index in [1.807, 2.05) is 24.0 Å². The van der Waals surface area contributed by atoms with Gasteiger partial charge in [0.1, 0.15) is 0 Å². The minimum absolute atomic E-state index is 0.223. The number of likely N-dealkylation sites (tertiary alicyclic amines) is 1. The standard InChI is InChI=1S/C18H22N4OS.2C2HF3O2/c1-14-20-15(12-24-14)11-21-8-3-5-18(13-21)6-9-22(17(18)23)16-4-2-7-19-10-16;2*3-2(4,5)1(6)7/h2,4,7,10,12H,3,5-6,8-9,11,13H2,1H3;2*(H,6,7). The summed E-state index contributed by atoms with van der Waals surface area (Å²) in [7, 11) is 0. The second-order valence-corrected chi connectivity index (χ2v) is 9.54. The normalized spacial score (nSPS) is 19.9. The highest BCUT2D eigenvalue weighted by atomic mass is 32.1. The second-order valence-electron chi connectivity index (χ2n) is 8.48. The van der Waals surface area contributed by atoms with Crippen LogP contribution in [0.4, 0.5) is 32.0 Å². The van der Waals surface area contributed by atoms with E-state index >= 15 is 0 Å². The molecule has 16 heteroatoms. The molecule has 0 aromatic carbocycles. The zero-order valence-electron chi connectivity index (χ0n) is 19.9. The van der Waals surface area contributed by atoms with Gasteiger partial charge in [-0.05, 0) is 44.9 Å². The van der Waals surface area contributed by atoms with Crippen LogP contribution in [0.1, 0.15) is 30.0 Å². The summed E-state index contributed by atoms with van der Waals surface area (Å²) in [6, 6.07) is 3.87. The highest BCUT2D eigenvalue weighted by Crippen LogP contribution is 2.42. The van der Waals surface area contributed by atoms with E-state index in [9.17, 15) is 31.1 Å². The van der Waals surface area contributed by atoms with E-state index in [0.29, 0.717) is 0 Å². The molecule has 4 rings (SSSR count). The van der Waals surface area contributed by atoms with Crippen LogP contribution >= 0.6 is 11.3 Å². The number of alkyl halides is 6. The van der Waals surface area contributed by atoms with Gasteiger partial charge in [-0.1, -0.05) is 0 Å². The Balaban J connectivity index is 0.000000301. The summed E-state index contributed by atoms with van der Waals surface area (Å²) in [5.74, 6) is -5.24. The molecule has 2 fully saturated rings.